The average molecular weight is 401 g/mol. The van der Waals surface area contributed by atoms with Gasteiger partial charge in [-0.05, 0) is 29.5 Å². The highest BCUT2D eigenvalue weighted by Crippen LogP contribution is 2.21. The fraction of sp³-hybridized carbons (Fsp3) is 0.318. The number of benzene rings is 2. The Hall–Kier alpha value is -2.44. The Balaban J connectivity index is 1.85. The van der Waals surface area contributed by atoms with Gasteiger partial charge in [0.05, 0.1) is 6.04 Å². The molecule has 1 unspecified atom stereocenters. The van der Waals surface area contributed by atoms with Gasteiger partial charge in [0.2, 0.25) is 15.9 Å². The minimum Gasteiger partial charge on any atom is -0.349 e. The number of carbonyl (C=O) groups excluding carboxylic acids is 1. The third-order valence-electron chi connectivity index (χ3n) is 4.14. The van der Waals surface area contributed by atoms with E-state index in [0.717, 1.165) is 23.0 Å². The Morgan fingerprint density at radius 1 is 1.00 bits per heavy atom. The van der Waals surface area contributed by atoms with E-state index in [0.29, 0.717) is 5.92 Å². The highest BCUT2D eigenvalue weighted by molar-refractivity contribution is 7.92. The van der Waals surface area contributed by atoms with Gasteiger partial charge in [0.15, 0.2) is 0 Å². The second kappa shape index (κ2) is 10.8. The van der Waals surface area contributed by atoms with Gasteiger partial charge in [0.25, 0.3) is 0 Å². The molecule has 0 saturated carbocycles. The maximum atomic E-state index is 12.3. The molecule has 2 rings (SSSR count). The molecule has 0 fully saturated rings. The average Bonchev–Trinajstić information content (AvgIpc) is 2.67. The van der Waals surface area contributed by atoms with Crippen LogP contribution in [0, 0.1) is 5.92 Å². The summed E-state index contributed by atoms with van der Waals surface area (Å²) in [5.41, 5.74) is 1.85. The number of nitrogens with one attached hydrogen (secondary N) is 2. The number of amides is 1. The van der Waals surface area contributed by atoms with Gasteiger partial charge >= 0.3 is 0 Å². The smallest absolute Gasteiger partial charge is 0.233 e. The Morgan fingerprint density at radius 3 is 2.21 bits per heavy atom. The zero-order valence-electron chi connectivity index (χ0n) is 16.3. The van der Waals surface area contributed by atoms with Gasteiger partial charge in [0, 0.05) is 18.4 Å². The largest absolute Gasteiger partial charge is 0.349 e. The summed E-state index contributed by atoms with van der Waals surface area (Å²) in [5, 5.41) is 4.13. The molecule has 28 heavy (non-hydrogen) atoms. The van der Waals surface area contributed by atoms with Crippen LogP contribution in [-0.2, 0) is 14.8 Å². The van der Waals surface area contributed by atoms with E-state index < -0.39 is 10.0 Å². The molecule has 2 aromatic carbocycles. The lowest BCUT2D eigenvalue weighted by atomic mass is 9.97. The SMILES string of the molecule is CC(C)CC(NC(=O)CCNS(=O)(=O)/C=C/c1ccccc1)c1ccccc1. The highest BCUT2D eigenvalue weighted by Gasteiger charge is 2.16. The minimum absolute atomic E-state index is 0.0521. The monoisotopic (exact) mass is 400 g/mol. The van der Waals surface area contributed by atoms with E-state index in [-0.39, 0.29) is 24.9 Å². The van der Waals surface area contributed by atoms with Gasteiger partial charge in [-0.1, -0.05) is 74.5 Å². The molecule has 6 heteroatoms. The molecular weight excluding hydrogens is 372 g/mol. The second-order valence-corrected chi connectivity index (χ2v) is 8.71. The first kappa shape index (κ1) is 21.9. The number of hydrogen-bond donors (Lipinski definition) is 2. The van der Waals surface area contributed by atoms with Crippen LogP contribution in [0.25, 0.3) is 6.08 Å². The predicted octanol–water partition coefficient (Wildman–Crippen LogP) is 3.87. The number of sulfonamides is 1. The molecule has 1 atom stereocenters. The Kier molecular flexibility index (Phi) is 8.42. The molecule has 0 aromatic heterocycles. The van der Waals surface area contributed by atoms with Gasteiger partial charge in [0.1, 0.15) is 0 Å². The van der Waals surface area contributed by atoms with E-state index >= 15 is 0 Å². The molecule has 0 radical (unpaired) electrons. The molecule has 0 saturated heterocycles. The summed E-state index contributed by atoms with van der Waals surface area (Å²) in [4.78, 5) is 12.3. The summed E-state index contributed by atoms with van der Waals surface area (Å²) in [5.74, 6) is 0.247. The predicted molar refractivity (Wildman–Crippen MR) is 114 cm³/mol. The third-order valence-corrected chi connectivity index (χ3v) is 5.24. The molecule has 5 nitrogen and oxygen atoms in total. The zero-order valence-corrected chi connectivity index (χ0v) is 17.2. The van der Waals surface area contributed by atoms with Crippen LogP contribution >= 0.6 is 0 Å². The third kappa shape index (κ3) is 8.06. The first-order chi connectivity index (χ1) is 13.4. The topological polar surface area (TPSA) is 75.3 Å². The van der Waals surface area contributed by atoms with Crippen molar-refractivity contribution in [3.63, 3.8) is 0 Å². The molecule has 2 N–H and O–H groups in total. The van der Waals surface area contributed by atoms with Crippen molar-refractivity contribution < 1.29 is 13.2 Å². The van der Waals surface area contributed by atoms with Crippen molar-refractivity contribution in [3.05, 3.63) is 77.2 Å². The Bertz CT molecular complexity index is 863. The van der Waals surface area contributed by atoms with Crippen LogP contribution in [0.1, 0.15) is 43.9 Å². The van der Waals surface area contributed by atoms with Crippen LogP contribution in [0.2, 0.25) is 0 Å². The number of carbonyl (C=O) groups is 1. The molecule has 150 valence electrons. The molecule has 0 aliphatic carbocycles. The van der Waals surface area contributed by atoms with Crippen molar-refractivity contribution in [1.29, 1.82) is 0 Å². The first-order valence-corrected chi connectivity index (χ1v) is 11.0. The molecular formula is C22H28N2O3S. The van der Waals surface area contributed by atoms with E-state index in [1.54, 1.807) is 0 Å². The second-order valence-electron chi connectivity index (χ2n) is 7.06. The maximum absolute atomic E-state index is 12.3. The maximum Gasteiger partial charge on any atom is 0.233 e. The molecule has 2 aromatic rings. The van der Waals surface area contributed by atoms with Crippen molar-refractivity contribution in [2.75, 3.05) is 6.54 Å². The van der Waals surface area contributed by atoms with Gasteiger partial charge < -0.3 is 5.32 Å². The van der Waals surface area contributed by atoms with Crippen molar-refractivity contribution in [2.24, 2.45) is 5.92 Å². The number of rotatable bonds is 10. The molecule has 0 aliphatic heterocycles. The molecule has 0 heterocycles. The van der Waals surface area contributed by atoms with Crippen LogP contribution in [0.3, 0.4) is 0 Å². The van der Waals surface area contributed by atoms with Crippen LogP contribution < -0.4 is 10.0 Å². The lowest BCUT2D eigenvalue weighted by Crippen LogP contribution is -2.33. The molecule has 0 bridgehead atoms. The summed E-state index contributed by atoms with van der Waals surface area (Å²) in [6.45, 7) is 4.26. The lowest BCUT2D eigenvalue weighted by molar-refractivity contribution is -0.121. The summed E-state index contributed by atoms with van der Waals surface area (Å²) >= 11 is 0. The van der Waals surface area contributed by atoms with Crippen LogP contribution in [0.4, 0.5) is 0 Å². The van der Waals surface area contributed by atoms with Gasteiger partial charge in [-0.3, -0.25) is 4.79 Å². The lowest BCUT2D eigenvalue weighted by Gasteiger charge is -2.21. The first-order valence-electron chi connectivity index (χ1n) is 9.43. The van der Waals surface area contributed by atoms with Gasteiger partial charge in [-0.2, -0.15) is 0 Å². The standard InChI is InChI=1S/C22H28N2O3S/c1-18(2)17-21(20-11-7-4-8-12-20)24-22(25)13-15-23-28(26,27)16-14-19-9-5-3-6-10-19/h3-12,14,16,18,21,23H,13,15,17H2,1-2H3,(H,24,25)/b16-14+. The van der Waals surface area contributed by atoms with E-state index in [1.807, 2.05) is 60.7 Å². The summed E-state index contributed by atoms with van der Waals surface area (Å²) in [6, 6.07) is 18.9. The summed E-state index contributed by atoms with van der Waals surface area (Å²) < 4.78 is 26.5. The van der Waals surface area contributed by atoms with Crippen LogP contribution in [0.5, 0.6) is 0 Å². The number of hydrogen-bond acceptors (Lipinski definition) is 3. The van der Waals surface area contributed by atoms with E-state index in [2.05, 4.69) is 23.9 Å². The van der Waals surface area contributed by atoms with Crippen molar-refractivity contribution in [2.45, 2.75) is 32.7 Å². The summed E-state index contributed by atoms with van der Waals surface area (Å²) in [7, 11) is -3.59. The zero-order chi connectivity index (χ0) is 20.4. The van der Waals surface area contributed by atoms with E-state index in [1.165, 1.54) is 6.08 Å². The normalized spacial score (nSPS) is 13.0. The highest BCUT2D eigenvalue weighted by atomic mass is 32.2. The minimum atomic E-state index is -3.59. The van der Waals surface area contributed by atoms with Crippen molar-refractivity contribution in [3.8, 4) is 0 Å². The van der Waals surface area contributed by atoms with Crippen molar-refractivity contribution >= 4 is 22.0 Å². The van der Waals surface area contributed by atoms with Crippen LogP contribution in [0.15, 0.2) is 66.1 Å². The molecule has 0 aliphatic rings. The van der Waals surface area contributed by atoms with E-state index in [4.69, 9.17) is 0 Å². The molecule has 1 amide bonds. The Labute approximate surface area is 167 Å². The Morgan fingerprint density at radius 2 is 1.61 bits per heavy atom. The van der Waals surface area contributed by atoms with Gasteiger partial charge in [-0.15, -0.1) is 0 Å². The summed E-state index contributed by atoms with van der Waals surface area (Å²) in [6.07, 6.45) is 2.43. The fourth-order valence-corrected chi connectivity index (χ4v) is 3.61. The quantitative estimate of drug-likeness (QED) is 0.636. The van der Waals surface area contributed by atoms with E-state index in [9.17, 15) is 13.2 Å². The van der Waals surface area contributed by atoms with Crippen molar-refractivity contribution in [1.82, 2.24) is 10.0 Å². The fourth-order valence-electron chi connectivity index (χ4n) is 2.79. The molecule has 0 spiro atoms. The van der Waals surface area contributed by atoms with Crippen LogP contribution in [-0.4, -0.2) is 20.9 Å². The van der Waals surface area contributed by atoms with Gasteiger partial charge in [-0.25, -0.2) is 13.1 Å².